The largest absolute Gasteiger partial charge is 1.00 e. The fraction of sp³-hybridized carbons (Fsp3) is 0.500. The first-order chi connectivity index (χ1) is 8.17. The summed E-state index contributed by atoms with van der Waals surface area (Å²) in [4.78, 5) is 0. The third-order valence-corrected chi connectivity index (χ3v) is 6.79. The summed E-state index contributed by atoms with van der Waals surface area (Å²) in [5.41, 5.74) is 6.45. The predicted molar refractivity (Wildman–Crippen MR) is 71.4 cm³/mol. The van der Waals surface area contributed by atoms with Crippen LogP contribution in [0.25, 0.3) is 0 Å². The standard InChI is InChI=1S/2C8H11.2ClH.Ti/c2*1-3-8-6-4-5-7(8)2;;;/h2*6H,3-4H2,1-2H3;2*1H;/q;;;;+2/p-2. The summed E-state index contributed by atoms with van der Waals surface area (Å²) in [7, 11) is 0. The maximum atomic E-state index is 2.45. The van der Waals surface area contributed by atoms with Crippen molar-refractivity contribution >= 4 is 0 Å². The quantitative estimate of drug-likeness (QED) is 0.586. The average Bonchev–Trinajstić information content (AvgIpc) is 2.85. The summed E-state index contributed by atoms with van der Waals surface area (Å²) in [6.07, 6.45) is 9.80. The van der Waals surface area contributed by atoms with E-state index in [2.05, 4.69) is 39.8 Å². The monoisotopic (exact) mass is 332 g/mol. The molecular weight excluding hydrogens is 311 g/mol. The molecule has 0 unspecified atom stereocenters. The van der Waals surface area contributed by atoms with Gasteiger partial charge in [0, 0.05) is 0 Å². The van der Waals surface area contributed by atoms with E-state index in [1.54, 1.807) is 30.0 Å². The molecule has 19 heavy (non-hydrogen) atoms. The summed E-state index contributed by atoms with van der Waals surface area (Å²) >= 11 is -0.0215. The molecule has 0 saturated heterocycles. The van der Waals surface area contributed by atoms with Crippen LogP contribution in [0.3, 0.4) is 0 Å². The first kappa shape index (κ1) is 19.3. The normalized spacial score (nSPS) is 17.7. The molecule has 2 rings (SSSR count). The van der Waals surface area contributed by atoms with E-state index >= 15 is 0 Å². The molecule has 0 atom stereocenters. The van der Waals surface area contributed by atoms with Gasteiger partial charge in [0.05, 0.1) is 0 Å². The minimum Gasteiger partial charge on any atom is -1.00 e. The Hall–Kier alpha value is 0.254. The molecule has 0 amide bonds. The van der Waals surface area contributed by atoms with Crippen molar-refractivity contribution in [1.82, 2.24) is 0 Å². The predicted octanol–water partition coefficient (Wildman–Crippen LogP) is -0.895. The molecule has 2 aliphatic carbocycles. The Morgan fingerprint density at radius 1 is 0.842 bits per heavy atom. The molecule has 104 valence electrons. The Kier molecular flexibility index (Phi) is 8.64. The third-order valence-electron chi connectivity index (χ3n) is 4.04. The molecule has 0 aliphatic heterocycles. The molecule has 0 aromatic carbocycles. The maximum absolute atomic E-state index is 2.45. The molecule has 3 heteroatoms. The molecule has 0 bridgehead atoms. The second-order valence-electron chi connectivity index (χ2n) is 4.91. The number of rotatable bonds is 4. The number of hydrogen-bond donors (Lipinski definition) is 0. The van der Waals surface area contributed by atoms with Crippen LogP contribution < -0.4 is 24.8 Å². The van der Waals surface area contributed by atoms with Crippen LogP contribution in [0.2, 0.25) is 0 Å². The van der Waals surface area contributed by atoms with E-state index in [1.807, 2.05) is 0 Å². The van der Waals surface area contributed by atoms with Gasteiger partial charge in [-0.05, 0) is 0 Å². The van der Waals surface area contributed by atoms with Crippen LogP contribution >= 0.6 is 0 Å². The van der Waals surface area contributed by atoms with Crippen LogP contribution in [-0.4, -0.2) is 0 Å². The van der Waals surface area contributed by atoms with Gasteiger partial charge in [-0.3, -0.25) is 0 Å². The second kappa shape index (κ2) is 8.52. The van der Waals surface area contributed by atoms with Gasteiger partial charge in [-0.25, -0.2) is 0 Å². The van der Waals surface area contributed by atoms with Crippen LogP contribution in [0, 0.1) is 0 Å². The molecule has 2 aliphatic rings. The van der Waals surface area contributed by atoms with E-state index in [4.69, 9.17) is 0 Å². The molecular formula is C16H22Cl2Ti. The average molecular weight is 333 g/mol. The number of hydrogen-bond acceptors (Lipinski definition) is 0. The smallest absolute Gasteiger partial charge is 1.00 e. The molecule has 0 spiro atoms. The van der Waals surface area contributed by atoms with Gasteiger partial charge < -0.3 is 24.8 Å². The van der Waals surface area contributed by atoms with Crippen molar-refractivity contribution in [3.63, 3.8) is 0 Å². The van der Waals surface area contributed by atoms with Gasteiger partial charge in [0.2, 0.25) is 0 Å². The Labute approximate surface area is 139 Å². The van der Waals surface area contributed by atoms with Crippen LogP contribution in [-0.2, 0) is 19.2 Å². The van der Waals surface area contributed by atoms with E-state index in [-0.39, 0.29) is 44.0 Å². The van der Waals surface area contributed by atoms with E-state index in [1.165, 1.54) is 25.7 Å². The van der Waals surface area contributed by atoms with Gasteiger partial charge >= 0.3 is 115 Å². The van der Waals surface area contributed by atoms with Crippen molar-refractivity contribution in [2.24, 2.45) is 0 Å². The molecule has 0 N–H and O–H groups in total. The van der Waals surface area contributed by atoms with Crippen molar-refractivity contribution < 1.29 is 44.0 Å². The van der Waals surface area contributed by atoms with Gasteiger partial charge in [0.25, 0.3) is 0 Å². The minimum atomic E-state index is -0.0215. The van der Waals surface area contributed by atoms with Crippen molar-refractivity contribution in [2.45, 2.75) is 53.4 Å². The summed E-state index contributed by atoms with van der Waals surface area (Å²) in [6, 6.07) is 0. The zero-order chi connectivity index (χ0) is 12.4. The molecule has 0 aromatic heterocycles. The van der Waals surface area contributed by atoms with Gasteiger partial charge in [-0.1, -0.05) is 0 Å². The van der Waals surface area contributed by atoms with Crippen molar-refractivity contribution in [2.75, 3.05) is 0 Å². The zero-order valence-corrected chi connectivity index (χ0v) is 15.3. The Bertz CT molecular complexity index is 411. The molecule has 0 saturated carbocycles. The van der Waals surface area contributed by atoms with Gasteiger partial charge in [0.1, 0.15) is 0 Å². The van der Waals surface area contributed by atoms with Crippen molar-refractivity contribution in [1.29, 1.82) is 0 Å². The minimum absolute atomic E-state index is 0. The summed E-state index contributed by atoms with van der Waals surface area (Å²) in [5, 5.41) is 0. The summed E-state index contributed by atoms with van der Waals surface area (Å²) in [5.74, 6) is 0. The van der Waals surface area contributed by atoms with E-state index in [0.29, 0.717) is 0 Å². The zero-order valence-electron chi connectivity index (χ0n) is 12.2. The molecule has 0 heterocycles. The second-order valence-corrected chi connectivity index (χ2v) is 7.18. The van der Waals surface area contributed by atoms with Crippen molar-refractivity contribution in [3.8, 4) is 0 Å². The van der Waals surface area contributed by atoms with Crippen LogP contribution in [0.15, 0.2) is 42.2 Å². The van der Waals surface area contributed by atoms with Gasteiger partial charge in [0.15, 0.2) is 0 Å². The summed E-state index contributed by atoms with van der Waals surface area (Å²) < 4.78 is 3.56. The third kappa shape index (κ3) is 4.11. The van der Waals surface area contributed by atoms with Crippen LogP contribution in [0.4, 0.5) is 0 Å². The first-order valence-corrected chi connectivity index (χ1v) is 8.28. The Balaban J connectivity index is 0.00000162. The van der Waals surface area contributed by atoms with Gasteiger partial charge in [-0.15, -0.1) is 0 Å². The Morgan fingerprint density at radius 3 is 1.47 bits per heavy atom. The molecule has 0 fully saturated rings. The van der Waals surface area contributed by atoms with E-state index in [0.717, 1.165) is 0 Å². The van der Waals surface area contributed by atoms with E-state index in [9.17, 15) is 0 Å². The Morgan fingerprint density at radius 2 is 1.21 bits per heavy atom. The molecule has 0 aromatic rings. The van der Waals surface area contributed by atoms with Crippen LogP contribution in [0.5, 0.6) is 0 Å². The first-order valence-electron chi connectivity index (χ1n) is 6.72. The van der Waals surface area contributed by atoms with Crippen molar-refractivity contribution in [3.05, 3.63) is 42.2 Å². The number of halogens is 2. The topological polar surface area (TPSA) is 0 Å². The fourth-order valence-electron chi connectivity index (χ4n) is 2.74. The maximum Gasteiger partial charge on any atom is -1.00 e. The fourth-order valence-corrected chi connectivity index (χ4v) is 5.03. The number of allylic oxidation sites excluding steroid dienone is 8. The summed E-state index contributed by atoms with van der Waals surface area (Å²) in [6.45, 7) is 9.21. The van der Waals surface area contributed by atoms with Crippen LogP contribution in [0.1, 0.15) is 53.4 Å². The van der Waals surface area contributed by atoms with E-state index < -0.39 is 0 Å². The molecule has 0 radical (unpaired) electrons. The molecule has 0 nitrogen and oxygen atoms in total. The van der Waals surface area contributed by atoms with Gasteiger partial charge in [-0.2, -0.15) is 0 Å². The SMILES string of the molecule is CCC1=CC[C]([Ti+2][C]2=C(C)C(CC)=CC2)=C1C.[Cl-].[Cl-].